The van der Waals surface area contributed by atoms with Crippen molar-refractivity contribution in [2.75, 3.05) is 5.73 Å². The van der Waals surface area contributed by atoms with Crippen LogP contribution in [0.3, 0.4) is 0 Å². The van der Waals surface area contributed by atoms with E-state index in [9.17, 15) is 0 Å². The highest BCUT2D eigenvalue weighted by molar-refractivity contribution is 5.52. The molecule has 0 fully saturated rings. The molecule has 1 heterocycles. The van der Waals surface area contributed by atoms with Gasteiger partial charge in [-0.2, -0.15) is 0 Å². The third-order valence-electron chi connectivity index (χ3n) is 2.27. The molecule has 0 saturated heterocycles. The molecule has 0 aliphatic heterocycles. The quantitative estimate of drug-likeness (QED) is 0.731. The standard InChI is InChI=1S/C11H13N3/c1-2-9-3-4-10(12)7-11(9)14-6-5-13-8-14/h3-8H,2,12H2,1H3. The lowest BCUT2D eigenvalue weighted by atomic mass is 10.1. The first-order valence-corrected chi connectivity index (χ1v) is 4.68. The molecule has 0 aliphatic rings. The number of nitrogens with zero attached hydrogens (tertiary/aromatic N) is 2. The zero-order valence-electron chi connectivity index (χ0n) is 8.14. The van der Waals surface area contributed by atoms with Gasteiger partial charge in [-0.1, -0.05) is 13.0 Å². The Hall–Kier alpha value is -1.77. The van der Waals surface area contributed by atoms with Crippen LogP contribution < -0.4 is 5.73 Å². The van der Waals surface area contributed by atoms with Crippen molar-refractivity contribution >= 4 is 5.69 Å². The molecule has 72 valence electrons. The van der Waals surface area contributed by atoms with Gasteiger partial charge in [0.25, 0.3) is 0 Å². The number of nitrogen functional groups attached to an aromatic ring is 1. The topological polar surface area (TPSA) is 43.8 Å². The third kappa shape index (κ3) is 1.48. The van der Waals surface area contributed by atoms with Gasteiger partial charge in [-0.15, -0.1) is 0 Å². The van der Waals surface area contributed by atoms with Gasteiger partial charge >= 0.3 is 0 Å². The number of aromatic nitrogens is 2. The van der Waals surface area contributed by atoms with Gasteiger partial charge in [0.15, 0.2) is 0 Å². The molecule has 0 radical (unpaired) electrons. The Labute approximate surface area is 83.2 Å². The molecule has 0 atom stereocenters. The van der Waals surface area contributed by atoms with Gasteiger partial charge in [0.05, 0.1) is 12.0 Å². The van der Waals surface area contributed by atoms with Crippen LogP contribution in [-0.2, 0) is 6.42 Å². The van der Waals surface area contributed by atoms with Crippen molar-refractivity contribution in [3.05, 3.63) is 42.5 Å². The second-order valence-electron chi connectivity index (χ2n) is 3.21. The van der Waals surface area contributed by atoms with Crippen LogP contribution in [-0.4, -0.2) is 9.55 Å². The Morgan fingerprint density at radius 2 is 2.29 bits per heavy atom. The zero-order chi connectivity index (χ0) is 9.97. The highest BCUT2D eigenvalue weighted by Gasteiger charge is 2.02. The highest BCUT2D eigenvalue weighted by Crippen LogP contribution is 2.18. The van der Waals surface area contributed by atoms with E-state index in [-0.39, 0.29) is 0 Å². The van der Waals surface area contributed by atoms with E-state index in [0.717, 1.165) is 17.8 Å². The van der Waals surface area contributed by atoms with Gasteiger partial charge in [0, 0.05) is 18.1 Å². The minimum atomic E-state index is 0.783. The molecule has 2 N–H and O–H groups in total. The minimum absolute atomic E-state index is 0.783. The predicted molar refractivity (Wildman–Crippen MR) is 57.4 cm³/mol. The van der Waals surface area contributed by atoms with E-state index in [4.69, 9.17) is 5.73 Å². The van der Waals surface area contributed by atoms with Crippen LogP contribution >= 0.6 is 0 Å². The fourth-order valence-corrected chi connectivity index (χ4v) is 1.52. The molecule has 1 aromatic carbocycles. The van der Waals surface area contributed by atoms with Crippen LogP contribution in [0.4, 0.5) is 5.69 Å². The Morgan fingerprint density at radius 3 is 2.93 bits per heavy atom. The van der Waals surface area contributed by atoms with Gasteiger partial charge in [-0.05, 0) is 24.1 Å². The second kappa shape index (κ2) is 3.54. The molecule has 3 heteroatoms. The fourth-order valence-electron chi connectivity index (χ4n) is 1.52. The van der Waals surface area contributed by atoms with Crippen molar-refractivity contribution in [3.8, 4) is 5.69 Å². The van der Waals surface area contributed by atoms with Crippen LogP contribution in [0.15, 0.2) is 36.9 Å². The minimum Gasteiger partial charge on any atom is -0.399 e. The van der Waals surface area contributed by atoms with Crippen molar-refractivity contribution in [2.45, 2.75) is 13.3 Å². The maximum absolute atomic E-state index is 5.75. The largest absolute Gasteiger partial charge is 0.399 e. The van der Waals surface area contributed by atoms with E-state index in [1.165, 1.54) is 5.56 Å². The van der Waals surface area contributed by atoms with Crippen LogP contribution in [0.2, 0.25) is 0 Å². The van der Waals surface area contributed by atoms with Crippen molar-refractivity contribution < 1.29 is 0 Å². The van der Waals surface area contributed by atoms with Gasteiger partial charge in [0.2, 0.25) is 0 Å². The van der Waals surface area contributed by atoms with Crippen molar-refractivity contribution in [1.29, 1.82) is 0 Å². The van der Waals surface area contributed by atoms with Crippen LogP contribution in [0.1, 0.15) is 12.5 Å². The van der Waals surface area contributed by atoms with Gasteiger partial charge in [-0.3, -0.25) is 0 Å². The molecular weight excluding hydrogens is 174 g/mol. The summed E-state index contributed by atoms with van der Waals surface area (Å²) in [6, 6.07) is 5.96. The van der Waals surface area contributed by atoms with Crippen LogP contribution in [0, 0.1) is 0 Å². The monoisotopic (exact) mass is 187 g/mol. The van der Waals surface area contributed by atoms with E-state index < -0.39 is 0 Å². The summed E-state index contributed by atoms with van der Waals surface area (Å²) in [6.45, 7) is 2.13. The van der Waals surface area contributed by atoms with Crippen molar-refractivity contribution in [1.82, 2.24) is 9.55 Å². The summed E-state index contributed by atoms with van der Waals surface area (Å²) < 4.78 is 1.98. The van der Waals surface area contributed by atoms with Crippen LogP contribution in [0.25, 0.3) is 5.69 Å². The molecule has 0 aliphatic carbocycles. The lowest BCUT2D eigenvalue weighted by Gasteiger charge is -2.09. The SMILES string of the molecule is CCc1ccc(N)cc1-n1ccnc1. The number of benzene rings is 1. The molecule has 0 amide bonds. The summed E-state index contributed by atoms with van der Waals surface area (Å²) in [5.41, 5.74) is 8.93. The lowest BCUT2D eigenvalue weighted by molar-refractivity contribution is 1.00. The number of hydrogen-bond donors (Lipinski definition) is 1. The van der Waals surface area contributed by atoms with Crippen LogP contribution in [0.5, 0.6) is 0 Å². The number of rotatable bonds is 2. The number of aryl methyl sites for hydroxylation is 1. The molecule has 3 nitrogen and oxygen atoms in total. The Bertz CT molecular complexity index is 418. The first-order chi connectivity index (χ1) is 6.81. The lowest BCUT2D eigenvalue weighted by Crippen LogP contribution is -1.98. The second-order valence-corrected chi connectivity index (χ2v) is 3.21. The Morgan fingerprint density at radius 1 is 1.43 bits per heavy atom. The first kappa shape index (κ1) is 8.81. The van der Waals surface area contributed by atoms with E-state index in [2.05, 4.69) is 18.0 Å². The summed E-state index contributed by atoms with van der Waals surface area (Å²) in [5, 5.41) is 0. The van der Waals surface area contributed by atoms with Crippen molar-refractivity contribution in [2.24, 2.45) is 0 Å². The number of hydrogen-bond acceptors (Lipinski definition) is 2. The average Bonchev–Trinajstić information content (AvgIpc) is 2.70. The summed E-state index contributed by atoms with van der Waals surface area (Å²) in [7, 11) is 0. The maximum atomic E-state index is 5.75. The molecule has 14 heavy (non-hydrogen) atoms. The van der Waals surface area contributed by atoms with E-state index in [1.54, 1.807) is 12.5 Å². The maximum Gasteiger partial charge on any atom is 0.0991 e. The van der Waals surface area contributed by atoms with Gasteiger partial charge < -0.3 is 10.3 Å². The summed E-state index contributed by atoms with van der Waals surface area (Å²) in [4.78, 5) is 4.03. The molecule has 1 aromatic heterocycles. The van der Waals surface area contributed by atoms with E-state index in [1.807, 2.05) is 22.9 Å². The Kier molecular flexibility index (Phi) is 2.23. The zero-order valence-corrected chi connectivity index (χ0v) is 8.14. The van der Waals surface area contributed by atoms with E-state index >= 15 is 0 Å². The predicted octanol–water partition coefficient (Wildman–Crippen LogP) is 2.02. The molecule has 2 rings (SSSR count). The third-order valence-corrected chi connectivity index (χ3v) is 2.27. The smallest absolute Gasteiger partial charge is 0.0991 e. The molecule has 2 aromatic rings. The highest BCUT2D eigenvalue weighted by atomic mass is 15.0. The fraction of sp³-hybridized carbons (Fsp3) is 0.182. The Balaban J connectivity index is 2.55. The molecule has 0 bridgehead atoms. The molecule has 0 unspecified atom stereocenters. The van der Waals surface area contributed by atoms with E-state index in [0.29, 0.717) is 0 Å². The number of imidazole rings is 1. The summed E-state index contributed by atoms with van der Waals surface area (Å²) in [6.07, 6.45) is 6.47. The number of anilines is 1. The normalized spacial score (nSPS) is 10.4. The number of nitrogens with two attached hydrogens (primary N) is 1. The average molecular weight is 187 g/mol. The summed E-state index contributed by atoms with van der Waals surface area (Å²) in [5.74, 6) is 0. The molecule has 0 saturated carbocycles. The van der Waals surface area contributed by atoms with Gasteiger partial charge in [-0.25, -0.2) is 4.98 Å². The van der Waals surface area contributed by atoms with Gasteiger partial charge in [0.1, 0.15) is 0 Å². The molecular formula is C11H13N3. The van der Waals surface area contributed by atoms with Crippen molar-refractivity contribution in [3.63, 3.8) is 0 Å². The molecule has 0 spiro atoms. The summed E-state index contributed by atoms with van der Waals surface area (Å²) >= 11 is 0. The first-order valence-electron chi connectivity index (χ1n) is 4.68.